The standard InChI is InChI=1S/C18H9ClF3NO4/c19-14-6-5-12(7-11(14)9-23)26-17(18(20,21)22)13(16(24)25)8-10-3-1-2-4-15(10)27-17/h1-8H,(H,24,25). The Kier molecular flexibility index (Phi) is 4.49. The number of aliphatic carboxylic acids is 1. The second-order valence-electron chi connectivity index (χ2n) is 5.47. The van der Waals surface area contributed by atoms with E-state index in [0.717, 1.165) is 18.2 Å². The van der Waals surface area contributed by atoms with Crippen LogP contribution in [-0.2, 0) is 4.79 Å². The summed E-state index contributed by atoms with van der Waals surface area (Å²) in [6.45, 7) is 0. The summed E-state index contributed by atoms with van der Waals surface area (Å²) in [6.07, 6.45) is -4.41. The molecule has 0 aliphatic carbocycles. The number of hydrogen-bond donors (Lipinski definition) is 1. The van der Waals surface area contributed by atoms with Crippen LogP contribution in [0.4, 0.5) is 13.2 Å². The van der Waals surface area contributed by atoms with Crippen molar-refractivity contribution in [3.8, 4) is 17.6 Å². The van der Waals surface area contributed by atoms with Crippen LogP contribution in [0.25, 0.3) is 6.08 Å². The van der Waals surface area contributed by atoms with Crippen molar-refractivity contribution in [1.29, 1.82) is 5.26 Å². The Morgan fingerprint density at radius 1 is 1.26 bits per heavy atom. The van der Waals surface area contributed by atoms with Gasteiger partial charge in [-0.05, 0) is 30.3 Å². The number of carboxylic acids is 1. The van der Waals surface area contributed by atoms with Crippen LogP contribution in [0.3, 0.4) is 0 Å². The smallest absolute Gasteiger partial charge is 0.473 e. The van der Waals surface area contributed by atoms with Crippen LogP contribution in [0.15, 0.2) is 48.0 Å². The summed E-state index contributed by atoms with van der Waals surface area (Å²) >= 11 is 5.77. The zero-order valence-electron chi connectivity index (χ0n) is 13.2. The third-order valence-electron chi connectivity index (χ3n) is 3.75. The Labute approximate surface area is 155 Å². The molecule has 0 aromatic heterocycles. The summed E-state index contributed by atoms with van der Waals surface area (Å²) in [5.74, 6) is -6.10. The predicted octanol–water partition coefficient (Wildman–Crippen LogP) is 4.41. The van der Waals surface area contributed by atoms with Crippen molar-refractivity contribution in [3.05, 3.63) is 64.2 Å². The highest BCUT2D eigenvalue weighted by Gasteiger charge is 2.66. The zero-order chi connectivity index (χ0) is 19.8. The number of fused-ring (bicyclic) bond motifs is 1. The second-order valence-corrected chi connectivity index (χ2v) is 5.88. The Hall–Kier alpha value is -3.18. The maximum absolute atomic E-state index is 14.0. The minimum atomic E-state index is -5.25. The lowest BCUT2D eigenvalue weighted by Crippen LogP contribution is -2.59. The number of benzene rings is 2. The number of halogens is 4. The number of carbonyl (C=O) groups is 1. The first-order chi connectivity index (χ1) is 12.7. The molecule has 1 aliphatic heterocycles. The summed E-state index contributed by atoms with van der Waals surface area (Å²) in [6, 6.07) is 10.6. The molecular formula is C18H9ClF3NO4. The molecule has 1 atom stereocenters. The maximum Gasteiger partial charge on any atom is 0.473 e. The Bertz CT molecular complexity index is 997. The van der Waals surface area contributed by atoms with Crippen LogP contribution in [-0.4, -0.2) is 23.0 Å². The highest BCUT2D eigenvalue weighted by molar-refractivity contribution is 6.31. The molecule has 0 spiro atoms. The van der Waals surface area contributed by atoms with E-state index in [-0.39, 0.29) is 21.9 Å². The lowest BCUT2D eigenvalue weighted by Gasteiger charge is -2.38. The van der Waals surface area contributed by atoms with Gasteiger partial charge in [0.05, 0.1) is 10.6 Å². The second kappa shape index (κ2) is 6.52. The predicted molar refractivity (Wildman–Crippen MR) is 88.3 cm³/mol. The van der Waals surface area contributed by atoms with E-state index in [1.165, 1.54) is 30.3 Å². The molecule has 0 amide bonds. The molecule has 9 heteroatoms. The van der Waals surface area contributed by atoms with Gasteiger partial charge >= 0.3 is 17.9 Å². The van der Waals surface area contributed by atoms with Gasteiger partial charge in [-0.25, -0.2) is 4.79 Å². The monoisotopic (exact) mass is 395 g/mol. The van der Waals surface area contributed by atoms with Crippen molar-refractivity contribution in [1.82, 2.24) is 0 Å². The van der Waals surface area contributed by atoms with Gasteiger partial charge in [0.2, 0.25) is 0 Å². The van der Waals surface area contributed by atoms with Crippen molar-refractivity contribution < 1.29 is 32.5 Å². The zero-order valence-corrected chi connectivity index (χ0v) is 14.0. The fraction of sp³-hybridized carbons (Fsp3) is 0.111. The molecule has 1 unspecified atom stereocenters. The number of ether oxygens (including phenoxy) is 2. The number of nitrogens with zero attached hydrogens (tertiary/aromatic N) is 1. The summed E-state index contributed by atoms with van der Waals surface area (Å²) in [4.78, 5) is 11.6. The summed E-state index contributed by atoms with van der Waals surface area (Å²) in [7, 11) is 0. The van der Waals surface area contributed by atoms with Gasteiger partial charge in [0, 0.05) is 5.56 Å². The van der Waals surface area contributed by atoms with Gasteiger partial charge in [-0.1, -0.05) is 29.8 Å². The SMILES string of the molecule is N#Cc1cc(OC2(C(F)(F)F)Oc3ccccc3C=C2C(=O)O)ccc1Cl. The van der Waals surface area contributed by atoms with Crippen molar-refractivity contribution in [2.75, 3.05) is 0 Å². The van der Waals surface area contributed by atoms with Crippen molar-refractivity contribution >= 4 is 23.6 Å². The highest BCUT2D eigenvalue weighted by atomic mass is 35.5. The molecule has 1 aliphatic rings. The topological polar surface area (TPSA) is 79.5 Å². The maximum atomic E-state index is 14.0. The minimum Gasteiger partial charge on any atom is -0.478 e. The normalized spacial score (nSPS) is 18.6. The summed E-state index contributed by atoms with van der Waals surface area (Å²) in [5.41, 5.74) is -1.13. The van der Waals surface area contributed by atoms with Crippen molar-refractivity contribution in [3.63, 3.8) is 0 Å². The van der Waals surface area contributed by atoms with Crippen LogP contribution < -0.4 is 9.47 Å². The average molecular weight is 396 g/mol. The average Bonchev–Trinajstić information content (AvgIpc) is 2.61. The molecule has 1 heterocycles. The van der Waals surface area contributed by atoms with Crippen LogP contribution in [0.5, 0.6) is 11.5 Å². The van der Waals surface area contributed by atoms with E-state index in [1.807, 2.05) is 0 Å². The van der Waals surface area contributed by atoms with Crippen LogP contribution in [0, 0.1) is 11.3 Å². The van der Waals surface area contributed by atoms with Gasteiger partial charge in [0.15, 0.2) is 0 Å². The van der Waals surface area contributed by atoms with Gasteiger partial charge < -0.3 is 14.6 Å². The van der Waals surface area contributed by atoms with Crippen molar-refractivity contribution in [2.24, 2.45) is 0 Å². The number of para-hydroxylation sites is 1. The highest BCUT2D eigenvalue weighted by Crippen LogP contribution is 2.46. The molecule has 138 valence electrons. The molecule has 3 rings (SSSR count). The number of alkyl halides is 3. The van der Waals surface area contributed by atoms with E-state index in [0.29, 0.717) is 0 Å². The fourth-order valence-electron chi connectivity index (χ4n) is 2.52. The molecule has 5 nitrogen and oxygen atoms in total. The molecule has 0 fully saturated rings. The Morgan fingerprint density at radius 3 is 2.59 bits per heavy atom. The molecule has 0 bridgehead atoms. The molecule has 27 heavy (non-hydrogen) atoms. The number of nitriles is 1. The minimum absolute atomic E-state index is 0.00909. The van der Waals surface area contributed by atoms with Crippen LogP contribution in [0.1, 0.15) is 11.1 Å². The lowest BCUT2D eigenvalue weighted by molar-refractivity contribution is -0.304. The first-order valence-corrected chi connectivity index (χ1v) is 7.74. The molecule has 0 radical (unpaired) electrons. The van der Waals surface area contributed by atoms with Gasteiger partial charge in [-0.3, -0.25) is 0 Å². The van der Waals surface area contributed by atoms with Crippen molar-refractivity contribution in [2.45, 2.75) is 12.0 Å². The first-order valence-electron chi connectivity index (χ1n) is 7.37. The molecular weight excluding hydrogens is 387 g/mol. The van der Waals surface area contributed by atoms with E-state index in [1.54, 1.807) is 6.07 Å². The van der Waals surface area contributed by atoms with Gasteiger partial charge in [-0.2, -0.15) is 18.4 Å². The molecule has 2 aromatic rings. The number of rotatable bonds is 3. The molecule has 0 saturated carbocycles. The third kappa shape index (κ3) is 3.17. The molecule has 2 aromatic carbocycles. The number of carboxylic acid groups (broad SMARTS) is 1. The molecule has 0 saturated heterocycles. The fourth-order valence-corrected chi connectivity index (χ4v) is 2.68. The lowest BCUT2D eigenvalue weighted by atomic mass is 9.97. The van der Waals surface area contributed by atoms with E-state index < -0.39 is 29.3 Å². The van der Waals surface area contributed by atoms with Crippen LogP contribution >= 0.6 is 11.6 Å². The van der Waals surface area contributed by atoms with E-state index in [4.69, 9.17) is 26.3 Å². The van der Waals surface area contributed by atoms with Gasteiger partial charge in [0.1, 0.15) is 23.1 Å². The Balaban J connectivity index is 2.19. The van der Waals surface area contributed by atoms with Crippen LogP contribution in [0.2, 0.25) is 5.02 Å². The van der Waals surface area contributed by atoms with E-state index in [2.05, 4.69) is 0 Å². The van der Waals surface area contributed by atoms with Gasteiger partial charge in [0.25, 0.3) is 0 Å². The number of hydrogen-bond acceptors (Lipinski definition) is 4. The van der Waals surface area contributed by atoms with E-state index in [9.17, 15) is 23.1 Å². The summed E-state index contributed by atoms with van der Waals surface area (Å²) < 4.78 is 52.1. The largest absolute Gasteiger partial charge is 0.478 e. The quantitative estimate of drug-likeness (QED) is 0.832. The van der Waals surface area contributed by atoms with E-state index >= 15 is 0 Å². The summed E-state index contributed by atoms with van der Waals surface area (Å²) in [5, 5.41) is 18.4. The Morgan fingerprint density at radius 2 is 1.96 bits per heavy atom. The molecule has 1 N–H and O–H groups in total. The van der Waals surface area contributed by atoms with Gasteiger partial charge in [-0.15, -0.1) is 0 Å². The first kappa shape index (κ1) is 18.6. The third-order valence-corrected chi connectivity index (χ3v) is 4.08.